The summed E-state index contributed by atoms with van der Waals surface area (Å²) in [7, 11) is 1.38. The second kappa shape index (κ2) is 5.90. The zero-order valence-electron chi connectivity index (χ0n) is 9.13. The molecule has 16 heavy (non-hydrogen) atoms. The molecule has 1 amide bonds. The lowest BCUT2D eigenvalue weighted by Gasteiger charge is -2.05. The van der Waals surface area contributed by atoms with E-state index in [4.69, 9.17) is 4.74 Å². The van der Waals surface area contributed by atoms with Crippen LogP contribution in [0.15, 0.2) is 30.9 Å². The summed E-state index contributed by atoms with van der Waals surface area (Å²) >= 11 is 0. The Hall–Kier alpha value is -1.84. The van der Waals surface area contributed by atoms with Gasteiger partial charge >= 0.3 is 0 Å². The van der Waals surface area contributed by atoms with Crippen molar-refractivity contribution in [3.05, 3.63) is 42.2 Å². The Morgan fingerprint density at radius 2 is 2.38 bits per heavy atom. The van der Waals surface area contributed by atoms with Crippen LogP contribution in [-0.2, 0) is 0 Å². The van der Waals surface area contributed by atoms with Gasteiger partial charge in [-0.2, -0.15) is 0 Å². The average molecular weight is 223 g/mol. The smallest absolute Gasteiger partial charge is 0.251 e. The first-order valence-corrected chi connectivity index (χ1v) is 4.91. The summed E-state index contributed by atoms with van der Waals surface area (Å²) in [6, 6.07) is 4.10. The standard InChI is InChI=1S/C12H14FNO2/c1-3-4-7-14-12(15)9-5-6-11(16-2)10(13)8-9/h3,5-6,8H,1,4,7H2,2H3,(H,14,15). The van der Waals surface area contributed by atoms with Crippen molar-refractivity contribution in [2.75, 3.05) is 13.7 Å². The molecule has 0 aliphatic heterocycles. The third-order valence-corrected chi connectivity index (χ3v) is 2.05. The Bertz CT molecular complexity index is 391. The molecule has 0 aromatic heterocycles. The Labute approximate surface area is 93.9 Å². The van der Waals surface area contributed by atoms with Crippen LogP contribution in [0.3, 0.4) is 0 Å². The van der Waals surface area contributed by atoms with Crippen molar-refractivity contribution in [2.24, 2.45) is 0 Å². The van der Waals surface area contributed by atoms with Crippen LogP contribution in [0, 0.1) is 5.82 Å². The molecule has 0 heterocycles. The van der Waals surface area contributed by atoms with Crippen LogP contribution in [-0.4, -0.2) is 19.6 Å². The van der Waals surface area contributed by atoms with Crippen LogP contribution in [0.4, 0.5) is 4.39 Å². The van der Waals surface area contributed by atoms with Gasteiger partial charge in [-0.15, -0.1) is 6.58 Å². The van der Waals surface area contributed by atoms with E-state index in [1.165, 1.54) is 19.2 Å². The lowest BCUT2D eigenvalue weighted by molar-refractivity contribution is 0.0954. The molecule has 1 aromatic carbocycles. The number of amides is 1. The van der Waals surface area contributed by atoms with Crippen LogP contribution in [0.5, 0.6) is 5.75 Å². The Morgan fingerprint density at radius 1 is 1.62 bits per heavy atom. The number of methoxy groups -OCH3 is 1. The van der Waals surface area contributed by atoms with Gasteiger partial charge in [0, 0.05) is 12.1 Å². The highest BCUT2D eigenvalue weighted by Crippen LogP contribution is 2.17. The van der Waals surface area contributed by atoms with Crippen LogP contribution in [0.1, 0.15) is 16.8 Å². The zero-order chi connectivity index (χ0) is 12.0. The molecule has 0 atom stereocenters. The van der Waals surface area contributed by atoms with Gasteiger partial charge in [0.15, 0.2) is 11.6 Å². The highest BCUT2D eigenvalue weighted by Gasteiger charge is 2.08. The normalized spacial score (nSPS) is 9.62. The minimum absolute atomic E-state index is 0.127. The van der Waals surface area contributed by atoms with Crippen molar-refractivity contribution in [1.82, 2.24) is 5.32 Å². The average Bonchev–Trinajstić information content (AvgIpc) is 2.29. The van der Waals surface area contributed by atoms with Gasteiger partial charge in [-0.25, -0.2) is 4.39 Å². The molecule has 0 aliphatic rings. The molecule has 86 valence electrons. The second-order valence-corrected chi connectivity index (χ2v) is 3.18. The van der Waals surface area contributed by atoms with E-state index >= 15 is 0 Å². The van der Waals surface area contributed by atoms with E-state index in [2.05, 4.69) is 11.9 Å². The molecule has 3 nitrogen and oxygen atoms in total. The van der Waals surface area contributed by atoms with Crippen molar-refractivity contribution in [1.29, 1.82) is 0 Å². The number of ether oxygens (including phenoxy) is 1. The molecule has 0 unspecified atom stereocenters. The van der Waals surface area contributed by atoms with E-state index in [1.807, 2.05) is 0 Å². The van der Waals surface area contributed by atoms with E-state index in [0.29, 0.717) is 13.0 Å². The summed E-state index contributed by atoms with van der Waals surface area (Å²) in [5.41, 5.74) is 0.280. The lowest BCUT2D eigenvalue weighted by Crippen LogP contribution is -2.24. The van der Waals surface area contributed by atoms with Gasteiger partial charge in [-0.3, -0.25) is 4.79 Å². The molecule has 0 radical (unpaired) electrons. The van der Waals surface area contributed by atoms with Gasteiger partial charge in [-0.05, 0) is 24.6 Å². The fourth-order valence-electron chi connectivity index (χ4n) is 1.20. The summed E-state index contributed by atoms with van der Waals surface area (Å²) in [6.07, 6.45) is 2.39. The van der Waals surface area contributed by atoms with E-state index in [9.17, 15) is 9.18 Å². The number of halogens is 1. The molecule has 0 saturated carbocycles. The number of rotatable bonds is 5. The summed E-state index contributed by atoms with van der Waals surface area (Å²) in [4.78, 5) is 11.5. The summed E-state index contributed by atoms with van der Waals surface area (Å²) < 4.78 is 18.0. The van der Waals surface area contributed by atoms with E-state index in [1.54, 1.807) is 6.08 Å². The Balaban J connectivity index is 2.69. The van der Waals surface area contributed by atoms with Gasteiger partial charge < -0.3 is 10.1 Å². The van der Waals surface area contributed by atoms with Crippen molar-refractivity contribution in [2.45, 2.75) is 6.42 Å². The zero-order valence-corrected chi connectivity index (χ0v) is 9.13. The fourth-order valence-corrected chi connectivity index (χ4v) is 1.20. The molecule has 1 aromatic rings. The third-order valence-electron chi connectivity index (χ3n) is 2.05. The molecule has 0 saturated heterocycles. The lowest BCUT2D eigenvalue weighted by atomic mass is 10.2. The van der Waals surface area contributed by atoms with Gasteiger partial charge in [0.1, 0.15) is 0 Å². The van der Waals surface area contributed by atoms with Crippen molar-refractivity contribution < 1.29 is 13.9 Å². The van der Waals surface area contributed by atoms with Crippen LogP contribution in [0.25, 0.3) is 0 Å². The van der Waals surface area contributed by atoms with Gasteiger partial charge in [0.2, 0.25) is 0 Å². The number of carbonyl (C=O) groups excluding carboxylic acids is 1. The van der Waals surface area contributed by atoms with Crippen molar-refractivity contribution >= 4 is 5.91 Å². The highest BCUT2D eigenvalue weighted by molar-refractivity contribution is 5.94. The first kappa shape index (κ1) is 12.2. The van der Waals surface area contributed by atoms with Gasteiger partial charge in [-0.1, -0.05) is 6.08 Å². The SMILES string of the molecule is C=CCCNC(=O)c1ccc(OC)c(F)c1. The molecule has 1 N–H and O–H groups in total. The van der Waals surface area contributed by atoms with Gasteiger partial charge in [0.25, 0.3) is 5.91 Å². The third kappa shape index (κ3) is 3.08. The number of hydrogen-bond donors (Lipinski definition) is 1. The molecule has 0 spiro atoms. The number of benzene rings is 1. The molecular formula is C12H14FNO2. The maximum Gasteiger partial charge on any atom is 0.251 e. The molecule has 0 bridgehead atoms. The fraction of sp³-hybridized carbons (Fsp3) is 0.250. The highest BCUT2D eigenvalue weighted by atomic mass is 19.1. The molecule has 1 rings (SSSR count). The number of nitrogens with one attached hydrogen (secondary N) is 1. The molecule has 0 aliphatic carbocycles. The summed E-state index contributed by atoms with van der Waals surface area (Å²) in [5, 5.41) is 2.65. The number of carbonyl (C=O) groups is 1. The molecular weight excluding hydrogens is 209 g/mol. The Morgan fingerprint density at radius 3 is 2.94 bits per heavy atom. The predicted octanol–water partition coefficient (Wildman–Crippen LogP) is 2.14. The minimum atomic E-state index is -0.543. The maximum absolute atomic E-state index is 13.3. The molecule has 4 heteroatoms. The van der Waals surface area contributed by atoms with E-state index in [-0.39, 0.29) is 17.2 Å². The predicted molar refractivity (Wildman–Crippen MR) is 60.1 cm³/mol. The topological polar surface area (TPSA) is 38.3 Å². The summed E-state index contributed by atoms with van der Waals surface area (Å²) in [6.45, 7) is 4.04. The first-order chi connectivity index (χ1) is 7.69. The Kier molecular flexibility index (Phi) is 4.51. The minimum Gasteiger partial charge on any atom is -0.494 e. The van der Waals surface area contributed by atoms with Gasteiger partial charge in [0.05, 0.1) is 7.11 Å². The largest absolute Gasteiger partial charge is 0.494 e. The van der Waals surface area contributed by atoms with Crippen LogP contribution in [0.2, 0.25) is 0 Å². The maximum atomic E-state index is 13.3. The van der Waals surface area contributed by atoms with E-state index < -0.39 is 5.82 Å². The first-order valence-electron chi connectivity index (χ1n) is 4.91. The quantitative estimate of drug-likeness (QED) is 0.613. The van der Waals surface area contributed by atoms with Crippen molar-refractivity contribution in [3.63, 3.8) is 0 Å². The van der Waals surface area contributed by atoms with E-state index in [0.717, 1.165) is 6.07 Å². The van der Waals surface area contributed by atoms with Crippen LogP contribution >= 0.6 is 0 Å². The van der Waals surface area contributed by atoms with Crippen molar-refractivity contribution in [3.8, 4) is 5.75 Å². The second-order valence-electron chi connectivity index (χ2n) is 3.18. The summed E-state index contributed by atoms with van der Waals surface area (Å²) in [5.74, 6) is -0.718. The monoisotopic (exact) mass is 223 g/mol. The molecule has 0 fully saturated rings. The number of hydrogen-bond acceptors (Lipinski definition) is 2. The van der Waals surface area contributed by atoms with Crippen LogP contribution < -0.4 is 10.1 Å².